The highest BCUT2D eigenvalue weighted by Gasteiger charge is 2.30. The summed E-state index contributed by atoms with van der Waals surface area (Å²) in [6, 6.07) is 1.01. The third-order valence-electron chi connectivity index (χ3n) is 7.86. The van der Waals surface area contributed by atoms with Crippen LogP contribution < -0.4 is 38.1 Å². The molecule has 19 nitrogen and oxygen atoms in total. The smallest absolute Gasteiger partial charge is 0.328 e. The molecule has 0 unspecified atom stereocenters. The molecule has 52 heavy (non-hydrogen) atoms. The quantitative estimate of drug-likeness (QED) is 0.0496. The zero-order valence-electron chi connectivity index (χ0n) is 28.3. The van der Waals surface area contributed by atoms with E-state index >= 15 is 0 Å². The van der Waals surface area contributed by atoms with E-state index in [1.165, 1.54) is 24.3 Å². The number of carbonyl (C=O) groups excluding carboxylic acids is 6. The first kappa shape index (κ1) is 41.0. The summed E-state index contributed by atoms with van der Waals surface area (Å²) in [6.45, 7) is -1.53. The number of aliphatic carboxylic acids is 1. The summed E-state index contributed by atoms with van der Waals surface area (Å²) in [6.07, 6.45) is 5.97. The third kappa shape index (κ3) is 12.7. The SMILES string of the molecule is CSCC[C@@H](NC(=O)[C@H](CCC(N)=O)NC(=O)[C@H](N)Cc1c[nH]c2ccccc12)C(=O)NCC(=O)N[C@H](Cc1cnc[nH]1)C(=O)N[C@@H](CO)C(=O)O. The van der Waals surface area contributed by atoms with Crippen molar-refractivity contribution in [2.45, 2.75) is 62.3 Å². The van der Waals surface area contributed by atoms with Crippen molar-refractivity contribution < 1.29 is 43.8 Å². The summed E-state index contributed by atoms with van der Waals surface area (Å²) in [7, 11) is 0. The van der Waals surface area contributed by atoms with Gasteiger partial charge in [-0.2, -0.15) is 11.8 Å². The number of aromatic nitrogens is 3. The third-order valence-corrected chi connectivity index (χ3v) is 8.50. The second kappa shape index (κ2) is 20.4. The van der Waals surface area contributed by atoms with E-state index in [2.05, 4.69) is 41.5 Å². The summed E-state index contributed by atoms with van der Waals surface area (Å²) in [4.78, 5) is 98.1. The number of carboxylic acid groups (broad SMARTS) is 1. The molecule has 20 heteroatoms. The molecular formula is C32H44N10O9S. The van der Waals surface area contributed by atoms with Gasteiger partial charge in [0.25, 0.3) is 0 Å². The Bertz CT molecular complexity index is 1700. The number of nitrogens with zero attached hydrogens (tertiary/aromatic N) is 1. The molecule has 0 spiro atoms. The van der Waals surface area contributed by atoms with Crippen LogP contribution in [0.3, 0.4) is 0 Å². The molecule has 0 aliphatic carbocycles. The number of aliphatic hydroxyl groups excluding tert-OH is 1. The maximum absolute atomic E-state index is 13.5. The molecule has 3 rings (SSSR count). The van der Waals surface area contributed by atoms with Gasteiger partial charge >= 0.3 is 5.97 Å². The van der Waals surface area contributed by atoms with Crippen LogP contribution in [-0.2, 0) is 46.4 Å². The number of benzene rings is 1. The lowest BCUT2D eigenvalue weighted by atomic mass is 10.0. The zero-order chi connectivity index (χ0) is 38.2. The number of hydrogen-bond donors (Lipinski definition) is 11. The number of aromatic amines is 2. The molecule has 3 aromatic rings. The largest absolute Gasteiger partial charge is 0.480 e. The Kier molecular flexibility index (Phi) is 16.1. The Morgan fingerprint density at radius 2 is 1.54 bits per heavy atom. The number of amides is 6. The normalized spacial score (nSPS) is 13.9. The fraction of sp³-hybridized carbons (Fsp3) is 0.438. The van der Waals surface area contributed by atoms with E-state index in [4.69, 9.17) is 11.5 Å². The molecule has 0 bridgehead atoms. The molecule has 0 fully saturated rings. The van der Waals surface area contributed by atoms with Gasteiger partial charge in [-0.3, -0.25) is 28.8 Å². The number of para-hydroxylation sites is 1. The number of thioether (sulfide) groups is 1. The molecule has 6 amide bonds. The first-order valence-corrected chi connectivity index (χ1v) is 17.6. The highest BCUT2D eigenvalue weighted by Crippen LogP contribution is 2.19. The Hall–Kier alpha value is -5.47. The molecule has 0 radical (unpaired) electrons. The Morgan fingerprint density at radius 3 is 2.19 bits per heavy atom. The number of nitrogens with one attached hydrogen (secondary N) is 7. The monoisotopic (exact) mass is 744 g/mol. The first-order valence-electron chi connectivity index (χ1n) is 16.2. The van der Waals surface area contributed by atoms with Gasteiger partial charge in [-0.05, 0) is 42.9 Å². The van der Waals surface area contributed by atoms with Crippen LogP contribution >= 0.6 is 11.8 Å². The lowest BCUT2D eigenvalue weighted by Gasteiger charge is -2.24. The number of imidazole rings is 1. The van der Waals surface area contributed by atoms with Crippen LogP contribution in [0.5, 0.6) is 0 Å². The lowest BCUT2D eigenvalue weighted by Crippen LogP contribution is -2.57. The topological polar surface area (TPSA) is 317 Å². The first-order chi connectivity index (χ1) is 24.8. The highest BCUT2D eigenvalue weighted by atomic mass is 32.2. The molecule has 0 aliphatic heterocycles. The van der Waals surface area contributed by atoms with Crippen LogP contribution in [0.2, 0.25) is 0 Å². The fourth-order valence-corrected chi connectivity index (χ4v) is 5.53. The van der Waals surface area contributed by atoms with Crippen molar-refractivity contribution in [2.24, 2.45) is 11.5 Å². The van der Waals surface area contributed by atoms with Crippen molar-refractivity contribution in [2.75, 3.05) is 25.2 Å². The zero-order valence-corrected chi connectivity index (χ0v) is 29.2. The van der Waals surface area contributed by atoms with E-state index < -0.39 is 84.8 Å². The molecule has 2 heterocycles. The maximum Gasteiger partial charge on any atom is 0.328 e. The van der Waals surface area contributed by atoms with Crippen molar-refractivity contribution >= 4 is 64.1 Å². The maximum atomic E-state index is 13.5. The van der Waals surface area contributed by atoms with E-state index in [0.29, 0.717) is 11.4 Å². The van der Waals surface area contributed by atoms with Gasteiger partial charge in [-0.15, -0.1) is 0 Å². The number of carbonyl (C=O) groups is 7. The number of fused-ring (bicyclic) bond motifs is 1. The van der Waals surface area contributed by atoms with E-state index in [9.17, 15) is 43.8 Å². The van der Waals surface area contributed by atoms with Crippen LogP contribution in [0.1, 0.15) is 30.5 Å². The minimum Gasteiger partial charge on any atom is -0.480 e. The highest BCUT2D eigenvalue weighted by molar-refractivity contribution is 7.98. The Balaban J connectivity index is 1.65. The number of primary amides is 1. The van der Waals surface area contributed by atoms with Crippen molar-refractivity contribution in [1.29, 1.82) is 0 Å². The molecule has 1 aromatic carbocycles. The van der Waals surface area contributed by atoms with Gasteiger partial charge in [0.05, 0.1) is 25.5 Å². The summed E-state index contributed by atoms with van der Waals surface area (Å²) < 4.78 is 0. The molecule has 0 saturated carbocycles. The van der Waals surface area contributed by atoms with Crippen LogP contribution in [-0.4, -0.2) is 122 Å². The molecule has 5 atom stereocenters. The Labute approximate surface area is 302 Å². The summed E-state index contributed by atoms with van der Waals surface area (Å²) >= 11 is 1.39. The predicted molar refractivity (Wildman–Crippen MR) is 189 cm³/mol. The summed E-state index contributed by atoms with van der Waals surface area (Å²) in [5, 5.41) is 31.5. The summed E-state index contributed by atoms with van der Waals surface area (Å²) in [5.74, 6) is -5.73. The minimum absolute atomic E-state index is 0.125. The average molecular weight is 745 g/mol. The van der Waals surface area contributed by atoms with Crippen LogP contribution in [0.4, 0.5) is 0 Å². The van der Waals surface area contributed by atoms with Crippen LogP contribution in [0, 0.1) is 0 Å². The van der Waals surface area contributed by atoms with Crippen LogP contribution in [0.25, 0.3) is 10.9 Å². The second-order valence-corrected chi connectivity index (χ2v) is 12.8. The van der Waals surface area contributed by atoms with Gasteiger partial charge in [0.15, 0.2) is 0 Å². The standard InChI is InChI=1S/C32H44N10O9S/c1-52-9-8-23(29(47)37-14-27(45)39-24(11-18-13-35-16-38-18)31(49)42-25(15-43)32(50)51)41-30(48)22(6-7-26(34)44)40-28(46)20(33)10-17-12-36-21-5-3-2-4-19(17)21/h2-5,12-13,16,20,22-25,36,43H,6-11,14-15,33H2,1H3,(H2,34,44)(H,35,38)(H,37,47)(H,39,45)(H,40,46)(H,41,48)(H,42,49)(H,50,51)/t20-,22+,23-,24-,25+/m1/s1. The van der Waals surface area contributed by atoms with Gasteiger partial charge in [0, 0.05) is 41.8 Å². The van der Waals surface area contributed by atoms with E-state index in [-0.39, 0.29) is 32.1 Å². The van der Waals surface area contributed by atoms with Crippen molar-refractivity contribution in [3.05, 3.63) is 54.2 Å². The van der Waals surface area contributed by atoms with Gasteiger partial charge < -0.3 is 58.2 Å². The van der Waals surface area contributed by atoms with Gasteiger partial charge in [0.2, 0.25) is 35.4 Å². The van der Waals surface area contributed by atoms with Gasteiger partial charge in [0.1, 0.15) is 24.2 Å². The number of aliphatic hydroxyl groups is 1. The molecule has 0 aliphatic rings. The molecule has 13 N–H and O–H groups in total. The summed E-state index contributed by atoms with van der Waals surface area (Å²) in [5.41, 5.74) is 13.6. The number of nitrogens with two attached hydrogens (primary N) is 2. The van der Waals surface area contributed by atoms with E-state index in [1.54, 1.807) is 12.5 Å². The fourth-order valence-electron chi connectivity index (χ4n) is 5.06. The average Bonchev–Trinajstić information content (AvgIpc) is 3.79. The molecule has 0 saturated heterocycles. The van der Waals surface area contributed by atoms with E-state index in [1.807, 2.05) is 24.3 Å². The second-order valence-electron chi connectivity index (χ2n) is 11.8. The number of carboxylic acids is 1. The number of hydrogen-bond acceptors (Lipinski definition) is 11. The van der Waals surface area contributed by atoms with Crippen molar-refractivity contribution in [3.63, 3.8) is 0 Å². The predicted octanol–water partition coefficient (Wildman–Crippen LogP) is -2.85. The van der Waals surface area contributed by atoms with Gasteiger partial charge in [-0.25, -0.2) is 9.78 Å². The molecular weight excluding hydrogens is 700 g/mol. The van der Waals surface area contributed by atoms with Gasteiger partial charge in [-0.1, -0.05) is 18.2 Å². The van der Waals surface area contributed by atoms with Crippen molar-refractivity contribution in [1.82, 2.24) is 41.5 Å². The lowest BCUT2D eigenvalue weighted by molar-refractivity contribution is -0.143. The molecule has 2 aromatic heterocycles. The number of H-pyrrole nitrogens is 2. The molecule has 282 valence electrons. The Morgan fingerprint density at radius 1 is 0.865 bits per heavy atom. The van der Waals surface area contributed by atoms with E-state index in [0.717, 1.165) is 16.5 Å². The van der Waals surface area contributed by atoms with Crippen molar-refractivity contribution in [3.8, 4) is 0 Å². The number of rotatable bonds is 22. The van der Waals surface area contributed by atoms with Crippen LogP contribution in [0.15, 0.2) is 43.0 Å². The minimum atomic E-state index is -1.62.